The predicted octanol–water partition coefficient (Wildman–Crippen LogP) is 1.68. The zero-order valence-corrected chi connectivity index (χ0v) is 18.8. The fourth-order valence-corrected chi connectivity index (χ4v) is 6.07. The Labute approximate surface area is 200 Å². The lowest BCUT2D eigenvalue weighted by Gasteiger charge is -2.53. The Kier molecular flexibility index (Phi) is 4.89. The van der Waals surface area contributed by atoms with Crippen LogP contribution >= 0.6 is 0 Å². The number of carbonyl (C=O) groups excluding carboxylic acids is 1. The topological polar surface area (TPSA) is 153 Å². The van der Waals surface area contributed by atoms with E-state index in [4.69, 9.17) is 9.47 Å². The molecule has 4 aliphatic rings. The molecular weight excluding hydrogens is 454 g/mol. The molecular formula is C25H25N3O7. The van der Waals surface area contributed by atoms with Crippen LogP contribution in [0.5, 0.6) is 17.2 Å². The molecule has 10 nitrogen and oxygen atoms in total. The van der Waals surface area contributed by atoms with Crippen molar-refractivity contribution in [1.29, 1.82) is 0 Å². The van der Waals surface area contributed by atoms with Gasteiger partial charge < -0.3 is 35.2 Å². The zero-order valence-electron chi connectivity index (χ0n) is 18.8. The number of amides is 1. The summed E-state index contributed by atoms with van der Waals surface area (Å²) in [5.41, 5.74) is 1.24. The van der Waals surface area contributed by atoms with Gasteiger partial charge in [0, 0.05) is 18.3 Å². The van der Waals surface area contributed by atoms with Gasteiger partial charge in [0.25, 0.3) is 5.91 Å². The van der Waals surface area contributed by atoms with Crippen LogP contribution < -0.4 is 14.8 Å². The van der Waals surface area contributed by atoms with Gasteiger partial charge in [0.1, 0.15) is 12.2 Å². The number of aliphatic hydroxyl groups is 3. The highest BCUT2D eigenvalue weighted by Crippen LogP contribution is 2.55. The van der Waals surface area contributed by atoms with Gasteiger partial charge in [-0.2, -0.15) is 10.2 Å². The van der Waals surface area contributed by atoms with Crippen molar-refractivity contribution >= 4 is 11.5 Å². The predicted molar refractivity (Wildman–Crippen MR) is 122 cm³/mol. The lowest BCUT2D eigenvalue weighted by atomic mass is 9.58. The van der Waals surface area contributed by atoms with Gasteiger partial charge in [0.2, 0.25) is 12.5 Å². The summed E-state index contributed by atoms with van der Waals surface area (Å²) in [7, 11) is 0. The van der Waals surface area contributed by atoms with Crippen LogP contribution in [0.3, 0.4) is 0 Å². The summed E-state index contributed by atoms with van der Waals surface area (Å²) in [6, 6.07) is 10.3. The number of aliphatic hydroxyl groups excluding tert-OH is 3. The number of aromatic hydroxyl groups is 1. The summed E-state index contributed by atoms with van der Waals surface area (Å²) in [4.78, 5) is 13.0. The Morgan fingerprint density at radius 1 is 1.09 bits per heavy atom. The normalized spacial score (nSPS) is 35.1. The smallest absolute Gasteiger partial charge is 0.255 e. The van der Waals surface area contributed by atoms with Gasteiger partial charge in [0.05, 0.1) is 29.4 Å². The number of nitrogens with one attached hydrogen (secondary N) is 1. The van der Waals surface area contributed by atoms with Crippen molar-refractivity contribution in [3.63, 3.8) is 0 Å². The van der Waals surface area contributed by atoms with Gasteiger partial charge in [-0.3, -0.25) is 4.79 Å². The van der Waals surface area contributed by atoms with Crippen LogP contribution in [0.4, 0.5) is 0 Å². The highest BCUT2D eigenvalue weighted by molar-refractivity contribution is 6.01. The number of carbonyl (C=O) groups is 1. The van der Waals surface area contributed by atoms with Gasteiger partial charge >= 0.3 is 0 Å². The number of ether oxygens (including phenoxy) is 2. The zero-order chi connectivity index (χ0) is 24.5. The number of nitrogens with zero attached hydrogens (tertiary/aromatic N) is 2. The molecule has 10 heteroatoms. The van der Waals surface area contributed by atoms with E-state index in [1.165, 1.54) is 0 Å². The molecule has 1 saturated carbocycles. The highest BCUT2D eigenvalue weighted by atomic mass is 16.7. The molecule has 0 saturated heterocycles. The molecule has 5 N–H and O–H groups in total. The lowest BCUT2D eigenvalue weighted by Crippen LogP contribution is -2.68. The summed E-state index contributed by atoms with van der Waals surface area (Å²) >= 11 is 0. The van der Waals surface area contributed by atoms with Crippen LogP contribution in [0.25, 0.3) is 5.57 Å². The molecule has 3 aliphatic heterocycles. The number of hydrogen-bond donors (Lipinski definition) is 5. The molecule has 35 heavy (non-hydrogen) atoms. The van der Waals surface area contributed by atoms with E-state index in [2.05, 4.69) is 15.5 Å². The van der Waals surface area contributed by atoms with E-state index in [-0.39, 0.29) is 29.6 Å². The third-order valence-corrected chi connectivity index (χ3v) is 7.67. The minimum absolute atomic E-state index is 0.00790. The molecule has 7 atom stereocenters. The average molecular weight is 479 g/mol. The van der Waals surface area contributed by atoms with Gasteiger partial charge in [-0.05, 0) is 29.7 Å². The van der Waals surface area contributed by atoms with E-state index in [0.717, 1.165) is 11.1 Å². The quantitative estimate of drug-likeness (QED) is 0.439. The molecule has 182 valence electrons. The minimum Gasteiger partial charge on any atom is -0.504 e. The van der Waals surface area contributed by atoms with E-state index in [9.17, 15) is 25.2 Å². The molecule has 2 aromatic rings. The van der Waals surface area contributed by atoms with Gasteiger partial charge in [-0.25, -0.2) is 0 Å². The molecule has 1 aliphatic carbocycles. The lowest BCUT2D eigenvalue weighted by molar-refractivity contribution is -0.144. The number of rotatable bonds is 2. The monoisotopic (exact) mass is 479 g/mol. The van der Waals surface area contributed by atoms with Crippen molar-refractivity contribution in [2.75, 3.05) is 6.79 Å². The highest BCUT2D eigenvalue weighted by Gasteiger charge is 2.59. The number of hydrogen-bond acceptors (Lipinski definition) is 9. The molecule has 0 spiro atoms. The van der Waals surface area contributed by atoms with Crippen LogP contribution in [0, 0.1) is 5.92 Å². The molecule has 0 aromatic heterocycles. The number of azo groups is 1. The van der Waals surface area contributed by atoms with E-state index < -0.39 is 47.6 Å². The summed E-state index contributed by atoms with van der Waals surface area (Å²) < 4.78 is 10.8. The van der Waals surface area contributed by atoms with Gasteiger partial charge in [0.15, 0.2) is 11.5 Å². The third-order valence-electron chi connectivity index (χ3n) is 7.67. The number of phenolic OH excluding ortho intramolecular Hbond substituents is 1. The second-order valence-corrected chi connectivity index (χ2v) is 9.72. The van der Waals surface area contributed by atoms with Crippen LogP contribution in [-0.2, 0) is 0 Å². The molecule has 0 bridgehead atoms. The average Bonchev–Trinajstić information content (AvgIpc) is 3.33. The largest absolute Gasteiger partial charge is 0.504 e. The first-order valence-corrected chi connectivity index (χ1v) is 11.5. The van der Waals surface area contributed by atoms with Crippen molar-refractivity contribution < 1.29 is 34.7 Å². The second kappa shape index (κ2) is 7.77. The first kappa shape index (κ1) is 22.0. The Hall–Kier alpha value is -3.47. The Morgan fingerprint density at radius 2 is 1.86 bits per heavy atom. The molecule has 2 aromatic carbocycles. The first-order chi connectivity index (χ1) is 16.8. The minimum atomic E-state index is -1.52. The molecule has 0 radical (unpaired) electrons. The number of benzene rings is 2. The maximum absolute atomic E-state index is 13.0. The van der Waals surface area contributed by atoms with Crippen molar-refractivity contribution in [1.82, 2.24) is 5.32 Å². The van der Waals surface area contributed by atoms with Crippen molar-refractivity contribution in [2.45, 2.75) is 49.2 Å². The number of fused-ring (bicyclic) bond motifs is 4. The van der Waals surface area contributed by atoms with E-state index in [0.29, 0.717) is 12.0 Å². The summed E-state index contributed by atoms with van der Waals surface area (Å²) in [5, 5.41) is 55.3. The SMILES string of the molecule is CC1(C2C(O)C(O)C(O)C3NC(=O)c4c(cc5c(c4O)OCO5)C32)CC(c2ccccc2)=CN=N1. The summed E-state index contributed by atoms with van der Waals surface area (Å²) in [5.74, 6) is -2.12. The third kappa shape index (κ3) is 3.17. The van der Waals surface area contributed by atoms with Crippen molar-refractivity contribution in [3.8, 4) is 17.2 Å². The Balaban J connectivity index is 1.49. The Morgan fingerprint density at radius 3 is 2.63 bits per heavy atom. The van der Waals surface area contributed by atoms with E-state index >= 15 is 0 Å². The van der Waals surface area contributed by atoms with Crippen LogP contribution in [0.1, 0.15) is 40.7 Å². The fraction of sp³-hybridized carbons (Fsp3) is 0.400. The standard InChI is InChI=1S/C25H25N3O7/c1-25(8-12(9-26-28-25)11-5-3-2-4-6-11)17-15-13-7-14-23(35-10-34-14)19(29)16(13)24(33)27-18(15)21(31)22(32)20(17)30/h2-7,9,15,17-18,20-22,29-32H,8,10H2,1H3,(H,27,33). The van der Waals surface area contributed by atoms with Gasteiger partial charge in [-0.15, -0.1) is 0 Å². The molecule has 1 amide bonds. The molecule has 6 rings (SSSR count). The van der Waals surface area contributed by atoms with Crippen LogP contribution in [-0.4, -0.2) is 63.0 Å². The maximum Gasteiger partial charge on any atom is 0.255 e. The van der Waals surface area contributed by atoms with Crippen molar-refractivity contribution in [3.05, 3.63) is 59.3 Å². The van der Waals surface area contributed by atoms with E-state index in [1.807, 2.05) is 37.3 Å². The van der Waals surface area contributed by atoms with Gasteiger partial charge in [-0.1, -0.05) is 30.3 Å². The van der Waals surface area contributed by atoms with Crippen molar-refractivity contribution in [2.24, 2.45) is 16.1 Å². The van der Waals surface area contributed by atoms with Crippen LogP contribution in [0.2, 0.25) is 0 Å². The summed E-state index contributed by atoms with van der Waals surface area (Å²) in [6.07, 6.45) is -2.28. The Bertz CT molecular complexity index is 1260. The van der Waals surface area contributed by atoms with E-state index in [1.54, 1.807) is 12.3 Å². The first-order valence-electron chi connectivity index (χ1n) is 11.5. The fourth-order valence-electron chi connectivity index (χ4n) is 6.07. The molecule has 7 unspecified atom stereocenters. The molecule has 3 heterocycles. The second-order valence-electron chi connectivity index (χ2n) is 9.72. The van der Waals surface area contributed by atoms with Crippen LogP contribution in [0.15, 0.2) is 52.8 Å². The number of phenols is 1. The molecule has 1 fully saturated rings. The maximum atomic E-state index is 13.0. The summed E-state index contributed by atoms with van der Waals surface area (Å²) in [6.45, 7) is 1.73.